The van der Waals surface area contributed by atoms with Crippen molar-refractivity contribution in [2.24, 2.45) is 0 Å². The van der Waals surface area contributed by atoms with E-state index in [1.807, 2.05) is 12.1 Å². The van der Waals surface area contributed by atoms with Gasteiger partial charge in [-0.25, -0.2) is 4.79 Å². The minimum Gasteiger partial charge on any atom is -0.508 e. The zero-order valence-electron chi connectivity index (χ0n) is 17.6. The molecule has 0 saturated heterocycles. The van der Waals surface area contributed by atoms with Gasteiger partial charge in [-0.3, -0.25) is 0 Å². The summed E-state index contributed by atoms with van der Waals surface area (Å²) in [7, 11) is 0. The summed E-state index contributed by atoms with van der Waals surface area (Å²) in [5.41, 5.74) is 0.393. The number of carbonyl (C=O) groups is 1. The molecule has 2 aromatic carbocycles. The highest BCUT2D eigenvalue weighted by Gasteiger charge is 2.08. The van der Waals surface area contributed by atoms with Crippen molar-refractivity contribution in [1.29, 1.82) is 0 Å². The summed E-state index contributed by atoms with van der Waals surface area (Å²) in [5.74, 6) is 0.911. The summed E-state index contributed by atoms with van der Waals surface area (Å²) in [6.45, 7) is 2.97. The van der Waals surface area contributed by atoms with Crippen LogP contribution in [-0.2, 0) is 0 Å². The molecular formula is C25H34O4. The summed E-state index contributed by atoms with van der Waals surface area (Å²) in [6.07, 6.45) is 13.1. The van der Waals surface area contributed by atoms with Gasteiger partial charge >= 0.3 is 5.97 Å². The fraction of sp³-hybridized carbons (Fsp3) is 0.480. The Kier molecular flexibility index (Phi) is 10.7. The Bertz CT molecular complexity index is 692. The maximum atomic E-state index is 12.1. The highest BCUT2D eigenvalue weighted by atomic mass is 16.5. The number of hydrogen-bond donors (Lipinski definition) is 1. The zero-order valence-corrected chi connectivity index (χ0v) is 17.6. The van der Waals surface area contributed by atoms with E-state index in [4.69, 9.17) is 9.47 Å². The lowest BCUT2D eigenvalue weighted by Crippen LogP contribution is -2.08. The van der Waals surface area contributed by atoms with Crippen molar-refractivity contribution in [1.82, 2.24) is 0 Å². The Balaban J connectivity index is 1.56. The van der Waals surface area contributed by atoms with Gasteiger partial charge in [0.1, 0.15) is 17.2 Å². The number of phenolic OH excluding ortho intramolecular Hbond substituents is 1. The predicted molar refractivity (Wildman–Crippen MR) is 117 cm³/mol. The van der Waals surface area contributed by atoms with Crippen LogP contribution in [0, 0.1) is 0 Å². The predicted octanol–water partition coefficient (Wildman–Crippen LogP) is 6.91. The van der Waals surface area contributed by atoms with Crippen molar-refractivity contribution in [2.75, 3.05) is 6.61 Å². The Morgan fingerprint density at radius 1 is 0.724 bits per heavy atom. The first kappa shape index (κ1) is 22.8. The van der Waals surface area contributed by atoms with E-state index >= 15 is 0 Å². The first-order valence-electron chi connectivity index (χ1n) is 10.9. The Labute approximate surface area is 174 Å². The van der Waals surface area contributed by atoms with E-state index < -0.39 is 5.97 Å². The normalized spacial score (nSPS) is 10.7. The fourth-order valence-electron chi connectivity index (χ4n) is 3.15. The van der Waals surface area contributed by atoms with Crippen LogP contribution in [0.4, 0.5) is 0 Å². The number of esters is 1. The van der Waals surface area contributed by atoms with Gasteiger partial charge in [0, 0.05) is 0 Å². The van der Waals surface area contributed by atoms with Crippen LogP contribution in [0.3, 0.4) is 0 Å². The average Bonchev–Trinajstić information content (AvgIpc) is 2.73. The molecule has 0 bridgehead atoms. The summed E-state index contributed by atoms with van der Waals surface area (Å²) < 4.78 is 11.1. The quantitative estimate of drug-likeness (QED) is 0.213. The van der Waals surface area contributed by atoms with Gasteiger partial charge in [0.25, 0.3) is 0 Å². The Morgan fingerprint density at radius 2 is 1.24 bits per heavy atom. The number of phenols is 1. The van der Waals surface area contributed by atoms with E-state index in [1.165, 1.54) is 82.1 Å². The third-order valence-corrected chi connectivity index (χ3v) is 4.90. The van der Waals surface area contributed by atoms with Crippen molar-refractivity contribution in [3.05, 3.63) is 54.1 Å². The number of unbranched alkanes of at least 4 members (excludes halogenated alkanes) is 9. The van der Waals surface area contributed by atoms with Crippen LogP contribution in [-0.4, -0.2) is 17.7 Å². The molecule has 0 aliphatic rings. The molecule has 0 aromatic heterocycles. The first-order valence-corrected chi connectivity index (χ1v) is 10.9. The lowest BCUT2D eigenvalue weighted by molar-refractivity contribution is 0.0734. The highest BCUT2D eigenvalue weighted by molar-refractivity contribution is 5.91. The van der Waals surface area contributed by atoms with Crippen molar-refractivity contribution >= 4 is 5.97 Å². The standard InChI is InChI=1S/C25H34O4/c1-2-3-4-5-6-7-8-9-10-11-20-28-23-16-18-24(19-17-23)29-25(27)21-12-14-22(26)15-13-21/h12-19,26H,2-11,20H2,1H3. The second-order valence-corrected chi connectivity index (χ2v) is 7.44. The van der Waals surface area contributed by atoms with Gasteiger partial charge in [0.15, 0.2) is 0 Å². The first-order chi connectivity index (χ1) is 14.2. The minimum atomic E-state index is -0.455. The number of benzene rings is 2. The van der Waals surface area contributed by atoms with E-state index in [2.05, 4.69) is 6.92 Å². The topological polar surface area (TPSA) is 55.8 Å². The van der Waals surface area contributed by atoms with Crippen molar-refractivity contribution in [3.63, 3.8) is 0 Å². The maximum Gasteiger partial charge on any atom is 0.343 e. The molecule has 29 heavy (non-hydrogen) atoms. The summed E-state index contributed by atoms with van der Waals surface area (Å²) in [6, 6.07) is 13.1. The van der Waals surface area contributed by atoms with Crippen LogP contribution in [0.15, 0.2) is 48.5 Å². The van der Waals surface area contributed by atoms with Crippen molar-refractivity contribution in [2.45, 2.75) is 71.1 Å². The molecule has 0 amide bonds. The molecule has 0 atom stereocenters. The lowest BCUT2D eigenvalue weighted by Gasteiger charge is -2.08. The Morgan fingerprint density at radius 3 is 1.83 bits per heavy atom. The van der Waals surface area contributed by atoms with Gasteiger partial charge < -0.3 is 14.6 Å². The monoisotopic (exact) mass is 398 g/mol. The van der Waals surface area contributed by atoms with Gasteiger partial charge in [0.2, 0.25) is 0 Å². The minimum absolute atomic E-state index is 0.116. The molecule has 0 saturated carbocycles. The SMILES string of the molecule is CCCCCCCCCCCCOc1ccc(OC(=O)c2ccc(O)cc2)cc1. The third-order valence-electron chi connectivity index (χ3n) is 4.90. The average molecular weight is 399 g/mol. The Hall–Kier alpha value is -2.49. The molecule has 0 unspecified atom stereocenters. The van der Waals surface area contributed by atoms with Crippen molar-refractivity contribution in [3.8, 4) is 17.2 Å². The van der Waals surface area contributed by atoms with Crippen LogP contribution in [0.2, 0.25) is 0 Å². The number of rotatable bonds is 14. The van der Waals surface area contributed by atoms with E-state index in [-0.39, 0.29) is 5.75 Å². The summed E-state index contributed by atoms with van der Waals surface area (Å²) in [4.78, 5) is 12.1. The molecular weight excluding hydrogens is 364 g/mol. The smallest absolute Gasteiger partial charge is 0.343 e. The molecule has 158 valence electrons. The number of hydrogen-bond acceptors (Lipinski definition) is 4. The largest absolute Gasteiger partial charge is 0.508 e. The molecule has 0 fully saturated rings. The lowest BCUT2D eigenvalue weighted by atomic mass is 10.1. The van der Waals surface area contributed by atoms with Gasteiger partial charge in [0.05, 0.1) is 12.2 Å². The van der Waals surface area contributed by atoms with Crippen LogP contribution in [0.5, 0.6) is 17.2 Å². The second kappa shape index (κ2) is 13.6. The van der Waals surface area contributed by atoms with Crippen LogP contribution in [0.25, 0.3) is 0 Å². The fourth-order valence-corrected chi connectivity index (χ4v) is 3.15. The van der Waals surface area contributed by atoms with E-state index in [1.54, 1.807) is 12.1 Å². The molecule has 0 spiro atoms. The molecule has 4 heteroatoms. The maximum absolute atomic E-state index is 12.1. The highest BCUT2D eigenvalue weighted by Crippen LogP contribution is 2.20. The third kappa shape index (κ3) is 9.51. The second-order valence-electron chi connectivity index (χ2n) is 7.44. The molecule has 4 nitrogen and oxygen atoms in total. The molecule has 0 radical (unpaired) electrons. The molecule has 0 heterocycles. The summed E-state index contributed by atoms with van der Waals surface area (Å²) in [5, 5.41) is 9.27. The van der Waals surface area contributed by atoms with E-state index in [0.29, 0.717) is 17.9 Å². The molecule has 0 aliphatic heterocycles. The van der Waals surface area contributed by atoms with Gasteiger partial charge in [-0.2, -0.15) is 0 Å². The van der Waals surface area contributed by atoms with Gasteiger partial charge in [-0.15, -0.1) is 0 Å². The van der Waals surface area contributed by atoms with Crippen LogP contribution < -0.4 is 9.47 Å². The van der Waals surface area contributed by atoms with Gasteiger partial charge in [-0.05, 0) is 55.0 Å². The summed E-state index contributed by atoms with van der Waals surface area (Å²) >= 11 is 0. The number of aromatic hydroxyl groups is 1. The number of ether oxygens (including phenoxy) is 2. The van der Waals surface area contributed by atoms with Crippen LogP contribution >= 0.6 is 0 Å². The van der Waals surface area contributed by atoms with Crippen LogP contribution in [0.1, 0.15) is 81.5 Å². The zero-order chi connectivity index (χ0) is 20.7. The van der Waals surface area contributed by atoms with E-state index in [9.17, 15) is 9.90 Å². The van der Waals surface area contributed by atoms with E-state index in [0.717, 1.165) is 12.2 Å². The molecule has 1 N–H and O–H groups in total. The molecule has 2 aromatic rings. The van der Waals surface area contributed by atoms with Gasteiger partial charge in [-0.1, -0.05) is 64.7 Å². The molecule has 2 rings (SSSR count). The van der Waals surface area contributed by atoms with Crippen molar-refractivity contribution < 1.29 is 19.4 Å². The number of carbonyl (C=O) groups excluding carboxylic acids is 1. The molecule has 0 aliphatic carbocycles.